The van der Waals surface area contributed by atoms with Crippen LogP contribution in [0.2, 0.25) is 0 Å². The number of rotatable bonds is 2. The highest BCUT2D eigenvalue weighted by Crippen LogP contribution is 2.07. The molecule has 0 saturated carbocycles. The van der Waals surface area contributed by atoms with Gasteiger partial charge >= 0.3 is 0 Å². The predicted octanol–water partition coefficient (Wildman–Crippen LogP) is -0.998. The van der Waals surface area contributed by atoms with Crippen molar-refractivity contribution in [3.8, 4) is 0 Å². The van der Waals surface area contributed by atoms with E-state index in [1.165, 1.54) is 0 Å². The molecule has 1 atom stereocenters. The first kappa shape index (κ1) is 11.4. The van der Waals surface area contributed by atoms with Crippen LogP contribution in [0.3, 0.4) is 0 Å². The van der Waals surface area contributed by atoms with E-state index < -0.39 is 0 Å². The van der Waals surface area contributed by atoms with Gasteiger partial charge in [-0.15, -0.1) is 0 Å². The standard InChI is InChI=1S/C9H20N4O/c1-8-6-12(2)4-3-5-13(8)7-9(14)11-10/h8H,3-7,10H2,1-2H3,(H,11,14). The van der Waals surface area contributed by atoms with E-state index in [4.69, 9.17) is 5.84 Å². The Morgan fingerprint density at radius 2 is 2.29 bits per heavy atom. The molecular formula is C9H20N4O. The number of likely N-dealkylation sites (N-methyl/N-ethyl adjacent to an activating group) is 1. The molecule has 1 aliphatic heterocycles. The van der Waals surface area contributed by atoms with Crippen LogP contribution in [-0.2, 0) is 4.79 Å². The third kappa shape index (κ3) is 3.25. The van der Waals surface area contributed by atoms with E-state index in [0.29, 0.717) is 12.6 Å². The summed E-state index contributed by atoms with van der Waals surface area (Å²) in [5.41, 5.74) is 2.17. The zero-order chi connectivity index (χ0) is 10.6. The van der Waals surface area contributed by atoms with E-state index in [1.54, 1.807) is 0 Å². The van der Waals surface area contributed by atoms with E-state index in [9.17, 15) is 4.79 Å². The van der Waals surface area contributed by atoms with Crippen LogP contribution in [0.15, 0.2) is 0 Å². The molecular weight excluding hydrogens is 180 g/mol. The summed E-state index contributed by atoms with van der Waals surface area (Å²) in [6.07, 6.45) is 1.11. The van der Waals surface area contributed by atoms with Crippen molar-refractivity contribution in [2.24, 2.45) is 5.84 Å². The molecule has 1 saturated heterocycles. The van der Waals surface area contributed by atoms with Crippen molar-refractivity contribution in [1.82, 2.24) is 15.2 Å². The molecule has 1 aliphatic rings. The molecule has 0 aliphatic carbocycles. The molecule has 0 aromatic rings. The molecule has 1 unspecified atom stereocenters. The summed E-state index contributed by atoms with van der Waals surface area (Å²) in [5, 5.41) is 0. The highest BCUT2D eigenvalue weighted by Gasteiger charge is 2.20. The van der Waals surface area contributed by atoms with Gasteiger partial charge in [0.1, 0.15) is 0 Å². The summed E-state index contributed by atoms with van der Waals surface area (Å²) in [7, 11) is 2.11. The van der Waals surface area contributed by atoms with Gasteiger partial charge in [-0.05, 0) is 26.9 Å². The van der Waals surface area contributed by atoms with Crippen molar-refractivity contribution in [2.75, 3.05) is 33.2 Å². The number of carbonyl (C=O) groups excluding carboxylic acids is 1. The number of nitrogens with one attached hydrogen (secondary N) is 1. The Balaban J connectivity index is 2.46. The van der Waals surface area contributed by atoms with Crippen LogP contribution in [-0.4, -0.2) is 55.0 Å². The van der Waals surface area contributed by atoms with Crippen molar-refractivity contribution in [3.63, 3.8) is 0 Å². The van der Waals surface area contributed by atoms with Crippen molar-refractivity contribution < 1.29 is 4.79 Å². The van der Waals surface area contributed by atoms with Gasteiger partial charge in [0.25, 0.3) is 0 Å². The molecule has 5 nitrogen and oxygen atoms in total. The number of nitrogens with two attached hydrogens (primary N) is 1. The van der Waals surface area contributed by atoms with Gasteiger partial charge in [-0.2, -0.15) is 0 Å². The maximum Gasteiger partial charge on any atom is 0.248 e. The van der Waals surface area contributed by atoms with E-state index in [0.717, 1.165) is 26.1 Å². The maximum atomic E-state index is 11.1. The van der Waals surface area contributed by atoms with E-state index in [-0.39, 0.29) is 5.91 Å². The highest BCUT2D eigenvalue weighted by molar-refractivity contribution is 5.77. The van der Waals surface area contributed by atoms with Crippen LogP contribution < -0.4 is 11.3 Å². The molecule has 1 heterocycles. The van der Waals surface area contributed by atoms with Crippen LogP contribution in [0.5, 0.6) is 0 Å². The summed E-state index contributed by atoms with van der Waals surface area (Å²) < 4.78 is 0. The SMILES string of the molecule is CC1CN(C)CCCN1CC(=O)NN. The summed E-state index contributed by atoms with van der Waals surface area (Å²) in [4.78, 5) is 15.6. The van der Waals surface area contributed by atoms with E-state index in [1.807, 2.05) is 0 Å². The van der Waals surface area contributed by atoms with Gasteiger partial charge in [0.15, 0.2) is 0 Å². The van der Waals surface area contributed by atoms with Gasteiger partial charge < -0.3 is 4.90 Å². The monoisotopic (exact) mass is 200 g/mol. The summed E-state index contributed by atoms with van der Waals surface area (Å²) >= 11 is 0. The maximum absolute atomic E-state index is 11.1. The highest BCUT2D eigenvalue weighted by atomic mass is 16.2. The van der Waals surface area contributed by atoms with Crippen molar-refractivity contribution in [2.45, 2.75) is 19.4 Å². The Hall–Kier alpha value is -0.650. The topological polar surface area (TPSA) is 61.6 Å². The van der Waals surface area contributed by atoms with Gasteiger partial charge in [-0.1, -0.05) is 0 Å². The minimum Gasteiger partial charge on any atom is -0.305 e. The fraction of sp³-hybridized carbons (Fsp3) is 0.889. The van der Waals surface area contributed by atoms with Gasteiger partial charge in [-0.3, -0.25) is 15.1 Å². The van der Waals surface area contributed by atoms with Gasteiger partial charge in [0, 0.05) is 19.1 Å². The number of hydrogen-bond donors (Lipinski definition) is 2. The lowest BCUT2D eigenvalue weighted by atomic mass is 10.2. The number of carbonyl (C=O) groups is 1. The first-order valence-corrected chi connectivity index (χ1v) is 5.05. The molecule has 1 amide bonds. The van der Waals surface area contributed by atoms with Crippen LogP contribution in [0.25, 0.3) is 0 Å². The number of nitrogens with zero attached hydrogens (tertiary/aromatic N) is 2. The van der Waals surface area contributed by atoms with E-state index in [2.05, 4.69) is 29.2 Å². The first-order valence-electron chi connectivity index (χ1n) is 5.05. The van der Waals surface area contributed by atoms with Gasteiger partial charge in [-0.25, -0.2) is 5.84 Å². The minimum absolute atomic E-state index is 0.110. The summed E-state index contributed by atoms with van der Waals surface area (Å²) in [6.45, 7) is 5.64. The molecule has 0 aromatic carbocycles. The second kappa shape index (κ2) is 5.29. The second-order valence-electron chi connectivity index (χ2n) is 4.00. The summed E-state index contributed by atoms with van der Waals surface area (Å²) in [6, 6.07) is 0.416. The first-order chi connectivity index (χ1) is 6.63. The third-order valence-corrected chi connectivity index (χ3v) is 2.69. The molecule has 1 fully saturated rings. The third-order valence-electron chi connectivity index (χ3n) is 2.69. The molecule has 0 bridgehead atoms. The molecule has 3 N–H and O–H groups in total. The molecule has 0 aromatic heterocycles. The molecule has 0 spiro atoms. The summed E-state index contributed by atoms with van der Waals surface area (Å²) in [5.74, 6) is 4.95. The number of hydrazine groups is 1. The van der Waals surface area contributed by atoms with Crippen LogP contribution >= 0.6 is 0 Å². The smallest absolute Gasteiger partial charge is 0.248 e. The molecule has 82 valence electrons. The second-order valence-corrected chi connectivity index (χ2v) is 4.00. The Morgan fingerprint density at radius 1 is 1.57 bits per heavy atom. The lowest BCUT2D eigenvalue weighted by Crippen LogP contribution is -2.45. The van der Waals surface area contributed by atoms with Gasteiger partial charge in [0.2, 0.25) is 5.91 Å². The fourth-order valence-electron chi connectivity index (χ4n) is 1.89. The largest absolute Gasteiger partial charge is 0.305 e. The predicted molar refractivity (Wildman–Crippen MR) is 55.5 cm³/mol. The average molecular weight is 200 g/mol. The van der Waals surface area contributed by atoms with Gasteiger partial charge in [0.05, 0.1) is 6.54 Å². The molecule has 1 rings (SSSR count). The average Bonchev–Trinajstić information content (AvgIpc) is 2.29. The molecule has 0 radical (unpaired) electrons. The van der Waals surface area contributed by atoms with Crippen molar-refractivity contribution >= 4 is 5.91 Å². The van der Waals surface area contributed by atoms with Crippen molar-refractivity contribution in [3.05, 3.63) is 0 Å². The van der Waals surface area contributed by atoms with E-state index >= 15 is 0 Å². The Morgan fingerprint density at radius 3 is 2.93 bits per heavy atom. The minimum atomic E-state index is -0.110. The number of hydrogen-bond acceptors (Lipinski definition) is 4. The van der Waals surface area contributed by atoms with Crippen LogP contribution in [0, 0.1) is 0 Å². The Labute approximate surface area is 85.2 Å². The Kier molecular flexibility index (Phi) is 4.31. The zero-order valence-electron chi connectivity index (χ0n) is 8.99. The van der Waals surface area contributed by atoms with Crippen LogP contribution in [0.1, 0.15) is 13.3 Å². The normalized spacial score (nSPS) is 25.8. The molecule has 14 heavy (non-hydrogen) atoms. The quantitative estimate of drug-likeness (QED) is 0.341. The number of amides is 1. The Bertz CT molecular complexity index is 197. The fourth-order valence-corrected chi connectivity index (χ4v) is 1.89. The lowest BCUT2D eigenvalue weighted by molar-refractivity contribution is -0.122. The molecule has 5 heteroatoms. The zero-order valence-corrected chi connectivity index (χ0v) is 8.99. The van der Waals surface area contributed by atoms with Crippen LogP contribution in [0.4, 0.5) is 0 Å². The van der Waals surface area contributed by atoms with Crippen molar-refractivity contribution in [1.29, 1.82) is 0 Å². The lowest BCUT2D eigenvalue weighted by Gasteiger charge is -2.26.